The van der Waals surface area contributed by atoms with Crippen LogP contribution in [-0.4, -0.2) is 47.4 Å². The highest BCUT2D eigenvalue weighted by Gasteiger charge is 2.23. The molecule has 0 radical (unpaired) electrons. The molecule has 8 heteroatoms. The molecule has 3 rings (SSSR count). The number of pyridine rings is 1. The van der Waals surface area contributed by atoms with Gasteiger partial charge in [0, 0.05) is 18.9 Å². The lowest BCUT2D eigenvalue weighted by atomic mass is 10.0. The number of nitrogens with zero attached hydrogens (tertiary/aromatic N) is 2. The predicted octanol–water partition coefficient (Wildman–Crippen LogP) is 1.96. The largest absolute Gasteiger partial charge is 0.489 e. The highest BCUT2D eigenvalue weighted by atomic mass is 32.2. The maximum Gasteiger partial charge on any atom is 0.294 e. The van der Waals surface area contributed by atoms with E-state index in [-0.39, 0.29) is 11.0 Å². The van der Waals surface area contributed by atoms with Gasteiger partial charge in [-0.3, -0.25) is 9.54 Å². The number of hydroxylamine groups is 2. The van der Waals surface area contributed by atoms with Crippen LogP contribution in [0, 0.1) is 0 Å². The van der Waals surface area contributed by atoms with Gasteiger partial charge in [-0.2, -0.15) is 13.5 Å². The van der Waals surface area contributed by atoms with Gasteiger partial charge in [-0.15, -0.1) is 0 Å². The van der Waals surface area contributed by atoms with Crippen molar-refractivity contribution in [2.45, 2.75) is 30.3 Å². The molecule has 1 aliphatic rings. The van der Waals surface area contributed by atoms with E-state index in [1.807, 2.05) is 12.1 Å². The molecular weight excluding hydrogens is 344 g/mol. The Hall–Kier alpha value is -2.00. The fourth-order valence-corrected chi connectivity index (χ4v) is 3.37. The molecule has 0 saturated heterocycles. The van der Waals surface area contributed by atoms with Gasteiger partial charge in [0.15, 0.2) is 0 Å². The first-order chi connectivity index (χ1) is 11.9. The Kier molecular flexibility index (Phi) is 5.33. The lowest BCUT2D eigenvalue weighted by Crippen LogP contribution is -2.36. The highest BCUT2D eigenvalue weighted by molar-refractivity contribution is 7.85. The fraction of sp³-hybridized carbons (Fsp3) is 0.353. The average Bonchev–Trinajstić information content (AvgIpc) is 2.59. The van der Waals surface area contributed by atoms with Crippen molar-refractivity contribution in [3.8, 4) is 5.75 Å². The number of hydrogen-bond acceptors (Lipinski definition) is 6. The summed E-state index contributed by atoms with van der Waals surface area (Å²) in [5, 5.41) is 11.3. The first-order valence-corrected chi connectivity index (χ1v) is 9.45. The number of hydrogen-bond donors (Lipinski definition) is 2. The number of rotatable bonds is 6. The molecule has 0 aliphatic carbocycles. The van der Waals surface area contributed by atoms with Gasteiger partial charge in [0.2, 0.25) is 0 Å². The van der Waals surface area contributed by atoms with Crippen LogP contribution in [-0.2, 0) is 23.0 Å². The average molecular weight is 364 g/mol. The third-order valence-electron chi connectivity index (χ3n) is 4.15. The molecule has 0 fully saturated rings. The van der Waals surface area contributed by atoms with E-state index >= 15 is 0 Å². The standard InChI is InChI=1S/C17H20N2O5S/c20-19(9-7-13-2-1-8-18-11-13)12-15-4-3-14-10-16(25(21,22)23)5-6-17(14)24-15/h1-2,5-6,8,10-11,15,20H,3-4,7,9,12H2,(H,21,22,23)/t15-/m1/s1. The quantitative estimate of drug-likeness (QED) is 0.597. The number of fused-ring (bicyclic) bond motifs is 1. The molecule has 0 unspecified atom stereocenters. The zero-order chi connectivity index (χ0) is 17.9. The Morgan fingerprint density at radius 3 is 2.88 bits per heavy atom. The third kappa shape index (κ3) is 4.76. The first-order valence-electron chi connectivity index (χ1n) is 8.01. The first kappa shape index (κ1) is 17.8. The minimum Gasteiger partial charge on any atom is -0.489 e. The van der Waals surface area contributed by atoms with Gasteiger partial charge < -0.3 is 9.94 Å². The van der Waals surface area contributed by atoms with Crippen LogP contribution in [0.15, 0.2) is 47.6 Å². The Labute approximate surface area is 146 Å². The lowest BCUT2D eigenvalue weighted by molar-refractivity contribution is -0.110. The molecule has 1 atom stereocenters. The van der Waals surface area contributed by atoms with E-state index in [1.165, 1.54) is 17.2 Å². The molecule has 134 valence electrons. The minimum absolute atomic E-state index is 0.131. The van der Waals surface area contributed by atoms with Gasteiger partial charge in [0.1, 0.15) is 11.9 Å². The van der Waals surface area contributed by atoms with Crippen LogP contribution >= 0.6 is 0 Å². The van der Waals surface area contributed by atoms with Gasteiger partial charge in [-0.05, 0) is 54.7 Å². The summed E-state index contributed by atoms with van der Waals surface area (Å²) in [6.45, 7) is 0.833. The van der Waals surface area contributed by atoms with Gasteiger partial charge in [-0.25, -0.2) is 0 Å². The smallest absolute Gasteiger partial charge is 0.294 e. The monoisotopic (exact) mass is 364 g/mol. The third-order valence-corrected chi connectivity index (χ3v) is 5.00. The Morgan fingerprint density at radius 1 is 1.32 bits per heavy atom. The topological polar surface area (TPSA) is 100.0 Å². The predicted molar refractivity (Wildman–Crippen MR) is 90.3 cm³/mol. The number of ether oxygens (including phenoxy) is 1. The van der Waals surface area contributed by atoms with Gasteiger partial charge in [0.25, 0.3) is 10.1 Å². The van der Waals surface area contributed by atoms with Crippen LogP contribution in [0.4, 0.5) is 0 Å². The zero-order valence-electron chi connectivity index (χ0n) is 13.6. The van der Waals surface area contributed by atoms with E-state index in [4.69, 9.17) is 9.29 Å². The Bertz CT molecular complexity index is 826. The molecule has 1 aliphatic heterocycles. The van der Waals surface area contributed by atoms with E-state index in [2.05, 4.69) is 4.98 Å². The number of benzene rings is 1. The summed E-state index contributed by atoms with van der Waals surface area (Å²) in [4.78, 5) is 3.91. The molecule has 1 aromatic heterocycles. The second-order valence-corrected chi connectivity index (χ2v) is 7.47. The van der Waals surface area contributed by atoms with Gasteiger partial charge >= 0.3 is 0 Å². The molecular formula is C17H20N2O5S. The van der Waals surface area contributed by atoms with Crippen molar-refractivity contribution >= 4 is 10.1 Å². The molecule has 0 bridgehead atoms. The van der Waals surface area contributed by atoms with Crippen molar-refractivity contribution < 1.29 is 22.9 Å². The molecule has 0 saturated carbocycles. The molecule has 0 amide bonds. The summed E-state index contributed by atoms with van der Waals surface area (Å²) >= 11 is 0. The minimum atomic E-state index is -4.21. The van der Waals surface area contributed by atoms with Crippen LogP contribution in [0.3, 0.4) is 0 Å². The summed E-state index contributed by atoms with van der Waals surface area (Å²) in [5.74, 6) is 0.587. The van der Waals surface area contributed by atoms with Crippen LogP contribution < -0.4 is 4.74 Å². The molecule has 7 nitrogen and oxygen atoms in total. The van der Waals surface area contributed by atoms with Crippen molar-refractivity contribution in [3.05, 3.63) is 53.9 Å². The molecule has 25 heavy (non-hydrogen) atoms. The normalized spacial score (nSPS) is 17.2. The Balaban J connectivity index is 1.56. The SMILES string of the molecule is O=S(=O)(O)c1ccc2c(c1)CC[C@H](CN(O)CCc1cccnc1)O2. The van der Waals surface area contributed by atoms with Crippen LogP contribution in [0.5, 0.6) is 5.75 Å². The zero-order valence-corrected chi connectivity index (χ0v) is 14.4. The van der Waals surface area contributed by atoms with Crippen LogP contribution in [0.25, 0.3) is 0 Å². The van der Waals surface area contributed by atoms with E-state index in [0.717, 1.165) is 11.1 Å². The van der Waals surface area contributed by atoms with E-state index in [1.54, 1.807) is 18.5 Å². The van der Waals surface area contributed by atoms with Gasteiger partial charge in [0.05, 0.1) is 11.4 Å². The molecule has 2 heterocycles. The lowest BCUT2D eigenvalue weighted by Gasteiger charge is -2.28. The summed E-state index contributed by atoms with van der Waals surface area (Å²) in [6.07, 6.45) is 5.27. The molecule has 2 N–H and O–H groups in total. The van der Waals surface area contributed by atoms with E-state index in [0.29, 0.717) is 38.1 Å². The van der Waals surface area contributed by atoms with Crippen molar-refractivity contribution in [2.24, 2.45) is 0 Å². The van der Waals surface area contributed by atoms with Crippen molar-refractivity contribution in [3.63, 3.8) is 0 Å². The maximum atomic E-state index is 11.2. The van der Waals surface area contributed by atoms with Crippen molar-refractivity contribution in [1.29, 1.82) is 0 Å². The highest BCUT2D eigenvalue weighted by Crippen LogP contribution is 2.30. The van der Waals surface area contributed by atoms with E-state index < -0.39 is 10.1 Å². The summed E-state index contributed by atoms with van der Waals surface area (Å²) in [7, 11) is -4.21. The second kappa shape index (κ2) is 7.49. The number of aromatic nitrogens is 1. The molecule has 1 aromatic carbocycles. The summed E-state index contributed by atoms with van der Waals surface area (Å²) in [6, 6.07) is 8.11. The molecule has 2 aromatic rings. The van der Waals surface area contributed by atoms with E-state index in [9.17, 15) is 13.6 Å². The van der Waals surface area contributed by atoms with Gasteiger partial charge in [-0.1, -0.05) is 6.07 Å². The Morgan fingerprint density at radius 2 is 2.16 bits per heavy atom. The van der Waals surface area contributed by atoms with Crippen LogP contribution in [0.2, 0.25) is 0 Å². The maximum absolute atomic E-state index is 11.2. The summed E-state index contributed by atoms with van der Waals surface area (Å²) < 4.78 is 37.3. The number of aryl methyl sites for hydroxylation is 1. The molecule has 0 spiro atoms. The summed E-state index contributed by atoms with van der Waals surface area (Å²) in [5.41, 5.74) is 1.79. The van der Waals surface area contributed by atoms with Crippen LogP contribution in [0.1, 0.15) is 17.5 Å². The van der Waals surface area contributed by atoms with Crippen molar-refractivity contribution in [2.75, 3.05) is 13.1 Å². The second-order valence-electron chi connectivity index (χ2n) is 6.05. The fourth-order valence-electron chi connectivity index (χ4n) is 2.84. The van der Waals surface area contributed by atoms with Crippen molar-refractivity contribution in [1.82, 2.24) is 10.0 Å².